The van der Waals surface area contributed by atoms with E-state index in [0.717, 1.165) is 19.5 Å². The molecule has 0 heterocycles. The summed E-state index contributed by atoms with van der Waals surface area (Å²) in [5.74, 6) is 0.404. The molecule has 0 fully saturated rings. The first-order valence-electron chi connectivity index (χ1n) is 9.37. The van der Waals surface area contributed by atoms with Gasteiger partial charge in [-0.25, -0.2) is 0 Å². The summed E-state index contributed by atoms with van der Waals surface area (Å²) < 4.78 is 0. The van der Waals surface area contributed by atoms with Gasteiger partial charge in [0.1, 0.15) is 0 Å². The van der Waals surface area contributed by atoms with Gasteiger partial charge >= 0.3 is 0 Å². The second-order valence-corrected chi connectivity index (χ2v) is 6.83. The Bertz CT molecular complexity index is 777. The van der Waals surface area contributed by atoms with Gasteiger partial charge in [-0.15, -0.1) is 24.8 Å². The minimum absolute atomic E-state index is 0. The highest BCUT2D eigenvalue weighted by atomic mass is 35.5. The molecule has 0 radical (unpaired) electrons. The molecule has 3 rings (SSSR count). The Morgan fingerprint density at radius 3 is 1.75 bits per heavy atom. The van der Waals surface area contributed by atoms with Crippen molar-refractivity contribution in [3.63, 3.8) is 0 Å². The molecule has 28 heavy (non-hydrogen) atoms. The summed E-state index contributed by atoms with van der Waals surface area (Å²) in [6.45, 7) is 2.68. The number of nitrogens with two attached hydrogens (primary N) is 1. The normalized spacial score (nSPS) is 11.4. The molecular formula is C24H30Cl2N2. The van der Waals surface area contributed by atoms with Gasteiger partial charge in [-0.1, -0.05) is 84.9 Å². The summed E-state index contributed by atoms with van der Waals surface area (Å²) in [6.07, 6.45) is 1.09. The van der Waals surface area contributed by atoms with Gasteiger partial charge in [-0.05, 0) is 42.3 Å². The first-order valence-corrected chi connectivity index (χ1v) is 9.37. The van der Waals surface area contributed by atoms with Gasteiger partial charge in [0, 0.05) is 19.0 Å². The Kier molecular flexibility index (Phi) is 10.9. The van der Waals surface area contributed by atoms with Crippen LogP contribution in [0.25, 0.3) is 11.1 Å². The Morgan fingerprint density at radius 2 is 1.18 bits per heavy atom. The number of rotatable bonds is 8. The van der Waals surface area contributed by atoms with E-state index in [-0.39, 0.29) is 24.8 Å². The van der Waals surface area contributed by atoms with Gasteiger partial charge in [0.2, 0.25) is 0 Å². The van der Waals surface area contributed by atoms with Crippen LogP contribution >= 0.6 is 24.8 Å². The Balaban J connectivity index is 0.00000196. The van der Waals surface area contributed by atoms with Gasteiger partial charge in [0.05, 0.1) is 0 Å². The summed E-state index contributed by atoms with van der Waals surface area (Å²) in [6, 6.07) is 30.4. The third kappa shape index (κ3) is 6.65. The van der Waals surface area contributed by atoms with Crippen LogP contribution in [0.15, 0.2) is 84.9 Å². The highest BCUT2D eigenvalue weighted by Gasteiger charge is 2.15. The summed E-state index contributed by atoms with van der Waals surface area (Å²) in [4.78, 5) is 2.31. The fourth-order valence-electron chi connectivity index (χ4n) is 3.43. The van der Waals surface area contributed by atoms with E-state index >= 15 is 0 Å². The van der Waals surface area contributed by atoms with E-state index in [9.17, 15) is 0 Å². The van der Waals surface area contributed by atoms with Crippen LogP contribution in [-0.4, -0.2) is 31.6 Å². The minimum atomic E-state index is 0. The standard InChI is InChI=1S/C24H28N2.2ClH/c1-26(19-17-25)18-16-24(22-10-6-3-7-11-22)23-14-12-21(13-15-23)20-8-4-2-5-9-20;;/h2-15,24H,16-19,25H2,1H3;2*1H. The molecule has 0 amide bonds. The van der Waals surface area contributed by atoms with Crippen LogP contribution in [0, 0.1) is 0 Å². The Hall–Kier alpha value is -1.84. The molecule has 2 N–H and O–H groups in total. The largest absolute Gasteiger partial charge is 0.329 e. The molecule has 0 saturated heterocycles. The summed E-state index contributed by atoms with van der Waals surface area (Å²) in [7, 11) is 2.15. The minimum Gasteiger partial charge on any atom is -0.329 e. The van der Waals surface area contributed by atoms with Crippen molar-refractivity contribution in [2.45, 2.75) is 12.3 Å². The smallest absolute Gasteiger partial charge is 0.0102 e. The summed E-state index contributed by atoms with van der Waals surface area (Å²) >= 11 is 0. The van der Waals surface area contributed by atoms with Crippen LogP contribution in [0.4, 0.5) is 0 Å². The van der Waals surface area contributed by atoms with Gasteiger partial charge in [0.25, 0.3) is 0 Å². The SMILES string of the molecule is CN(CCN)CCC(c1ccccc1)c1ccc(-c2ccccc2)cc1.Cl.Cl. The zero-order chi connectivity index (χ0) is 18.2. The number of likely N-dealkylation sites (N-methyl/N-ethyl adjacent to an activating group) is 1. The van der Waals surface area contributed by atoms with Crippen molar-refractivity contribution in [3.05, 3.63) is 96.1 Å². The molecule has 3 aromatic rings. The lowest BCUT2D eigenvalue weighted by atomic mass is 9.87. The second-order valence-electron chi connectivity index (χ2n) is 6.83. The van der Waals surface area contributed by atoms with E-state index in [2.05, 4.69) is 96.9 Å². The molecule has 3 aromatic carbocycles. The lowest BCUT2D eigenvalue weighted by Gasteiger charge is -2.22. The zero-order valence-corrected chi connectivity index (χ0v) is 18.0. The van der Waals surface area contributed by atoms with E-state index in [0.29, 0.717) is 12.5 Å². The lowest BCUT2D eigenvalue weighted by Crippen LogP contribution is -2.27. The monoisotopic (exact) mass is 416 g/mol. The predicted molar refractivity (Wildman–Crippen MR) is 126 cm³/mol. The van der Waals surface area contributed by atoms with Crippen LogP contribution in [0.3, 0.4) is 0 Å². The fourth-order valence-corrected chi connectivity index (χ4v) is 3.43. The summed E-state index contributed by atoms with van der Waals surface area (Å²) in [5, 5.41) is 0. The first-order chi connectivity index (χ1) is 12.8. The van der Waals surface area contributed by atoms with Crippen molar-refractivity contribution in [3.8, 4) is 11.1 Å². The lowest BCUT2D eigenvalue weighted by molar-refractivity contribution is 0.332. The zero-order valence-electron chi connectivity index (χ0n) is 16.3. The van der Waals surface area contributed by atoms with Crippen molar-refractivity contribution in [1.82, 2.24) is 4.90 Å². The van der Waals surface area contributed by atoms with Crippen molar-refractivity contribution >= 4 is 24.8 Å². The number of halogens is 2. The number of benzene rings is 3. The molecule has 0 spiro atoms. The van der Waals surface area contributed by atoms with E-state index in [1.807, 2.05) is 0 Å². The average molecular weight is 417 g/mol. The molecule has 0 aliphatic heterocycles. The van der Waals surface area contributed by atoms with E-state index in [4.69, 9.17) is 5.73 Å². The molecule has 1 atom stereocenters. The molecule has 0 aliphatic carbocycles. The molecular weight excluding hydrogens is 387 g/mol. The number of nitrogens with zero attached hydrogens (tertiary/aromatic N) is 1. The highest BCUT2D eigenvalue weighted by molar-refractivity contribution is 5.85. The van der Waals surface area contributed by atoms with Gasteiger partial charge in [0.15, 0.2) is 0 Å². The molecule has 0 bridgehead atoms. The maximum atomic E-state index is 5.69. The van der Waals surface area contributed by atoms with Crippen LogP contribution in [0.2, 0.25) is 0 Å². The molecule has 0 saturated carbocycles. The molecule has 4 heteroatoms. The van der Waals surface area contributed by atoms with Crippen LogP contribution in [-0.2, 0) is 0 Å². The van der Waals surface area contributed by atoms with E-state index < -0.39 is 0 Å². The first kappa shape index (κ1) is 24.2. The second kappa shape index (κ2) is 12.6. The van der Waals surface area contributed by atoms with Gasteiger partial charge in [-0.3, -0.25) is 0 Å². The maximum absolute atomic E-state index is 5.69. The van der Waals surface area contributed by atoms with Crippen molar-refractivity contribution in [2.75, 3.05) is 26.7 Å². The molecule has 2 nitrogen and oxygen atoms in total. The summed E-state index contributed by atoms with van der Waals surface area (Å²) in [5.41, 5.74) is 11.0. The van der Waals surface area contributed by atoms with Gasteiger partial charge in [-0.2, -0.15) is 0 Å². The maximum Gasteiger partial charge on any atom is 0.0102 e. The third-order valence-corrected chi connectivity index (χ3v) is 4.93. The predicted octanol–water partition coefficient (Wildman–Crippen LogP) is 5.61. The highest BCUT2D eigenvalue weighted by Crippen LogP contribution is 2.30. The number of hydrogen-bond acceptors (Lipinski definition) is 2. The van der Waals surface area contributed by atoms with Crippen molar-refractivity contribution < 1.29 is 0 Å². The van der Waals surface area contributed by atoms with Crippen LogP contribution in [0.5, 0.6) is 0 Å². The van der Waals surface area contributed by atoms with E-state index in [1.54, 1.807) is 0 Å². The Labute approximate surface area is 181 Å². The van der Waals surface area contributed by atoms with Crippen LogP contribution < -0.4 is 5.73 Å². The van der Waals surface area contributed by atoms with Gasteiger partial charge < -0.3 is 10.6 Å². The average Bonchev–Trinajstić information content (AvgIpc) is 2.70. The Morgan fingerprint density at radius 1 is 0.679 bits per heavy atom. The third-order valence-electron chi connectivity index (χ3n) is 4.93. The molecule has 0 aliphatic rings. The van der Waals surface area contributed by atoms with E-state index in [1.165, 1.54) is 22.3 Å². The number of hydrogen-bond donors (Lipinski definition) is 1. The van der Waals surface area contributed by atoms with Crippen molar-refractivity contribution in [2.24, 2.45) is 5.73 Å². The topological polar surface area (TPSA) is 29.3 Å². The molecule has 0 aromatic heterocycles. The van der Waals surface area contributed by atoms with Crippen molar-refractivity contribution in [1.29, 1.82) is 0 Å². The molecule has 150 valence electrons. The fraction of sp³-hybridized carbons (Fsp3) is 0.250. The molecule has 1 unspecified atom stereocenters. The van der Waals surface area contributed by atoms with Crippen LogP contribution in [0.1, 0.15) is 23.5 Å². The quantitative estimate of drug-likeness (QED) is 0.516.